The van der Waals surface area contributed by atoms with Crippen LogP contribution in [0, 0.1) is 22.7 Å². The molecule has 0 radical (unpaired) electrons. The van der Waals surface area contributed by atoms with Crippen molar-refractivity contribution in [3.8, 4) is 23.6 Å². The Morgan fingerprint density at radius 3 is 2.52 bits per heavy atom. The summed E-state index contributed by atoms with van der Waals surface area (Å²) >= 11 is 6.29. The summed E-state index contributed by atoms with van der Waals surface area (Å²) in [5.41, 5.74) is 2.15. The molecule has 1 amide bonds. The highest BCUT2D eigenvalue weighted by Gasteiger charge is 2.11. The van der Waals surface area contributed by atoms with Crippen LogP contribution in [0.15, 0.2) is 72.3 Å². The highest BCUT2D eigenvalue weighted by Crippen LogP contribution is 2.28. The van der Waals surface area contributed by atoms with E-state index >= 15 is 0 Å². The van der Waals surface area contributed by atoms with Gasteiger partial charge in [0, 0.05) is 11.3 Å². The second-order valence-electron chi connectivity index (χ2n) is 6.42. The molecule has 0 aromatic heterocycles. The lowest BCUT2D eigenvalue weighted by Crippen LogP contribution is -2.13. The number of halogens is 1. The van der Waals surface area contributed by atoms with Crippen molar-refractivity contribution in [2.45, 2.75) is 6.61 Å². The van der Waals surface area contributed by atoms with Gasteiger partial charge in [0.2, 0.25) is 0 Å². The van der Waals surface area contributed by atoms with Crippen molar-refractivity contribution in [2.75, 3.05) is 5.32 Å². The lowest BCUT2D eigenvalue weighted by Gasteiger charge is -2.10. The molecule has 31 heavy (non-hydrogen) atoms. The van der Waals surface area contributed by atoms with Crippen LogP contribution in [0.2, 0.25) is 5.02 Å². The van der Waals surface area contributed by atoms with E-state index < -0.39 is 5.91 Å². The predicted molar refractivity (Wildman–Crippen MR) is 117 cm³/mol. The van der Waals surface area contributed by atoms with E-state index in [0.29, 0.717) is 27.6 Å². The van der Waals surface area contributed by atoms with Crippen molar-refractivity contribution < 1.29 is 14.6 Å². The van der Waals surface area contributed by atoms with Gasteiger partial charge in [-0.05, 0) is 54.1 Å². The monoisotopic (exact) mass is 429 g/mol. The fraction of sp³-hybridized carbons (Fsp3) is 0.0417. The summed E-state index contributed by atoms with van der Waals surface area (Å²) in [5.74, 6) is -0.0986. The van der Waals surface area contributed by atoms with Crippen LogP contribution in [0.5, 0.6) is 11.5 Å². The first-order valence-corrected chi connectivity index (χ1v) is 9.50. The van der Waals surface area contributed by atoms with Crippen LogP contribution in [0.25, 0.3) is 6.08 Å². The Hall–Kier alpha value is -4.26. The molecule has 0 unspecified atom stereocenters. The Kier molecular flexibility index (Phi) is 6.90. The number of nitrogens with one attached hydrogen (secondary N) is 1. The topological polar surface area (TPSA) is 106 Å². The molecule has 0 heterocycles. The van der Waals surface area contributed by atoms with E-state index in [9.17, 15) is 15.2 Å². The van der Waals surface area contributed by atoms with Gasteiger partial charge in [-0.3, -0.25) is 4.79 Å². The van der Waals surface area contributed by atoms with Gasteiger partial charge in [-0.2, -0.15) is 10.5 Å². The van der Waals surface area contributed by atoms with Gasteiger partial charge in [-0.1, -0.05) is 35.9 Å². The first-order valence-electron chi connectivity index (χ1n) is 9.12. The largest absolute Gasteiger partial charge is 0.508 e. The zero-order valence-electron chi connectivity index (χ0n) is 16.2. The van der Waals surface area contributed by atoms with E-state index in [2.05, 4.69) is 11.4 Å². The number of hydrogen-bond acceptors (Lipinski definition) is 5. The van der Waals surface area contributed by atoms with E-state index in [1.165, 1.54) is 30.3 Å². The quantitative estimate of drug-likeness (QED) is 0.324. The summed E-state index contributed by atoms with van der Waals surface area (Å²) in [6.45, 7) is 0.178. The van der Waals surface area contributed by atoms with Gasteiger partial charge in [-0.25, -0.2) is 0 Å². The van der Waals surface area contributed by atoms with Crippen molar-refractivity contribution >= 4 is 29.3 Å². The van der Waals surface area contributed by atoms with Crippen molar-refractivity contribution in [3.05, 3.63) is 94.0 Å². The highest BCUT2D eigenvalue weighted by molar-refractivity contribution is 6.32. The molecule has 3 aromatic rings. The van der Waals surface area contributed by atoms with E-state index in [0.717, 1.165) is 5.56 Å². The number of aromatic hydroxyl groups is 1. The van der Waals surface area contributed by atoms with E-state index in [1.54, 1.807) is 36.4 Å². The normalized spacial score (nSPS) is 10.6. The number of nitrogens with zero attached hydrogens (tertiary/aromatic N) is 2. The molecule has 0 atom stereocenters. The number of carbonyl (C=O) groups excluding carboxylic acids is 1. The third-order valence-corrected chi connectivity index (χ3v) is 4.57. The third-order valence-electron chi connectivity index (χ3n) is 4.28. The summed E-state index contributed by atoms with van der Waals surface area (Å²) in [6.07, 6.45) is 1.41. The van der Waals surface area contributed by atoms with Crippen molar-refractivity contribution in [1.82, 2.24) is 0 Å². The lowest BCUT2D eigenvalue weighted by atomic mass is 10.1. The Labute approximate surface area is 184 Å². The van der Waals surface area contributed by atoms with Gasteiger partial charge in [0.25, 0.3) is 5.91 Å². The van der Waals surface area contributed by atoms with E-state index in [1.807, 2.05) is 12.1 Å². The smallest absolute Gasteiger partial charge is 0.266 e. The molecular formula is C24H16ClN3O3. The van der Waals surface area contributed by atoms with Gasteiger partial charge in [0.1, 0.15) is 29.7 Å². The van der Waals surface area contributed by atoms with Gasteiger partial charge in [-0.15, -0.1) is 0 Å². The first kappa shape index (κ1) is 21.4. The molecule has 3 rings (SSSR count). The molecule has 0 aliphatic rings. The number of ether oxygens (including phenoxy) is 1. The minimum absolute atomic E-state index is 0.0714. The molecule has 6 nitrogen and oxygen atoms in total. The van der Waals surface area contributed by atoms with Crippen LogP contribution in [0.1, 0.15) is 16.7 Å². The molecule has 7 heteroatoms. The molecule has 152 valence electrons. The zero-order chi connectivity index (χ0) is 22.2. The molecule has 0 saturated carbocycles. The summed E-state index contributed by atoms with van der Waals surface area (Å²) in [6, 6.07) is 21.9. The minimum atomic E-state index is -0.585. The molecule has 0 spiro atoms. The van der Waals surface area contributed by atoms with Crippen molar-refractivity contribution in [3.63, 3.8) is 0 Å². The number of anilines is 1. The zero-order valence-corrected chi connectivity index (χ0v) is 16.9. The summed E-state index contributed by atoms with van der Waals surface area (Å²) < 4.78 is 5.72. The number of phenols is 1. The van der Waals surface area contributed by atoms with Crippen molar-refractivity contribution in [1.29, 1.82) is 10.5 Å². The van der Waals surface area contributed by atoms with Crippen LogP contribution in [0.3, 0.4) is 0 Å². The number of nitriles is 2. The molecule has 0 fully saturated rings. The summed E-state index contributed by atoms with van der Waals surface area (Å²) in [4.78, 5) is 12.4. The second-order valence-corrected chi connectivity index (χ2v) is 6.83. The molecular weight excluding hydrogens is 414 g/mol. The SMILES string of the molecule is N#C/C(=C\c1ccc(OCc2ccccc2C#N)c(Cl)c1)C(=O)Nc1ccc(O)cc1. The predicted octanol–water partition coefficient (Wildman–Crippen LogP) is 5.04. The lowest BCUT2D eigenvalue weighted by molar-refractivity contribution is -0.112. The van der Waals surface area contributed by atoms with Gasteiger partial charge < -0.3 is 15.2 Å². The van der Waals surface area contributed by atoms with Crippen LogP contribution in [-0.2, 0) is 11.4 Å². The molecule has 3 aromatic carbocycles. The Morgan fingerprint density at radius 2 is 1.84 bits per heavy atom. The number of rotatable bonds is 6. The minimum Gasteiger partial charge on any atom is -0.508 e. The number of hydrogen-bond donors (Lipinski definition) is 2. The van der Waals surface area contributed by atoms with Crippen LogP contribution < -0.4 is 10.1 Å². The average Bonchev–Trinajstić information content (AvgIpc) is 2.78. The fourth-order valence-electron chi connectivity index (χ4n) is 2.69. The molecule has 0 saturated heterocycles. The van der Waals surface area contributed by atoms with Gasteiger partial charge >= 0.3 is 0 Å². The third kappa shape index (κ3) is 5.63. The van der Waals surface area contributed by atoms with Crippen molar-refractivity contribution in [2.24, 2.45) is 0 Å². The van der Waals surface area contributed by atoms with Gasteiger partial charge in [0.05, 0.1) is 16.7 Å². The molecule has 2 N–H and O–H groups in total. The average molecular weight is 430 g/mol. The van der Waals surface area contributed by atoms with E-state index in [4.69, 9.17) is 21.6 Å². The summed E-state index contributed by atoms with van der Waals surface area (Å²) in [5, 5.41) is 30.7. The standard InChI is InChI=1S/C24H16ClN3O3/c25-22-12-16(5-10-23(22)31-15-18-4-2-1-3-17(18)13-26)11-19(14-27)24(30)28-20-6-8-21(29)9-7-20/h1-12,29H,15H2,(H,28,30)/b19-11+. The second kappa shape index (κ2) is 9.98. The Bertz CT molecular complexity index is 1220. The van der Waals surface area contributed by atoms with Crippen LogP contribution in [-0.4, -0.2) is 11.0 Å². The summed E-state index contributed by atoms with van der Waals surface area (Å²) in [7, 11) is 0. The first-order chi connectivity index (χ1) is 15.0. The van der Waals surface area contributed by atoms with E-state index in [-0.39, 0.29) is 17.9 Å². The Balaban J connectivity index is 1.72. The Morgan fingerprint density at radius 1 is 1.10 bits per heavy atom. The van der Waals surface area contributed by atoms with Crippen LogP contribution in [0.4, 0.5) is 5.69 Å². The molecule has 0 aliphatic carbocycles. The van der Waals surface area contributed by atoms with Gasteiger partial charge in [0.15, 0.2) is 0 Å². The maximum Gasteiger partial charge on any atom is 0.266 e. The fourth-order valence-corrected chi connectivity index (χ4v) is 2.94. The number of amides is 1. The molecule has 0 aliphatic heterocycles. The highest BCUT2D eigenvalue weighted by atomic mass is 35.5. The molecule has 0 bridgehead atoms. The number of phenolic OH excluding ortho intramolecular Hbond substituents is 1. The van der Waals surface area contributed by atoms with Crippen LogP contribution >= 0.6 is 11.6 Å². The maximum absolute atomic E-state index is 12.4. The maximum atomic E-state index is 12.4. The number of carbonyl (C=O) groups is 1. The number of benzene rings is 3.